The first-order chi connectivity index (χ1) is 16.8. The smallest absolute Gasteiger partial charge is 0.407 e. The fraction of sp³-hybridized carbons (Fsp3) is 0.308. The third kappa shape index (κ3) is 5.34. The molecular weight excluding hydrogens is 448 g/mol. The number of nitrogens with one attached hydrogen (secondary N) is 2. The largest absolute Gasteiger partial charge is 0.476 e. The number of alkyl carbamates (subject to hydrolysis) is 1. The average molecular weight is 477 g/mol. The molecule has 0 spiro atoms. The summed E-state index contributed by atoms with van der Waals surface area (Å²) in [5, 5.41) is 14.4. The number of nitrogens with zero attached hydrogens (tertiary/aromatic N) is 2. The molecule has 1 atom stereocenters. The van der Waals surface area contributed by atoms with E-state index in [4.69, 9.17) is 9.84 Å². The summed E-state index contributed by atoms with van der Waals surface area (Å²) in [4.78, 5) is 40.0. The molecule has 0 saturated heterocycles. The third-order valence-corrected chi connectivity index (χ3v) is 6.09. The molecule has 0 radical (unpaired) electrons. The molecule has 1 aromatic heterocycles. The van der Waals surface area contributed by atoms with Crippen molar-refractivity contribution in [2.24, 2.45) is 5.92 Å². The zero-order chi connectivity index (χ0) is 24.9. The van der Waals surface area contributed by atoms with Crippen molar-refractivity contribution in [3.63, 3.8) is 0 Å². The van der Waals surface area contributed by atoms with Crippen LogP contribution in [0.5, 0.6) is 0 Å². The normalized spacial score (nSPS) is 13.1. The molecule has 4 rings (SSSR count). The molecule has 0 bridgehead atoms. The molecule has 1 unspecified atom stereocenters. The number of ether oxygens (including phenoxy) is 1. The van der Waals surface area contributed by atoms with E-state index in [1.807, 2.05) is 50.2 Å². The zero-order valence-electron chi connectivity index (χ0n) is 19.6. The van der Waals surface area contributed by atoms with Crippen LogP contribution in [-0.4, -0.2) is 51.8 Å². The van der Waals surface area contributed by atoms with Gasteiger partial charge in [0.1, 0.15) is 12.6 Å². The molecule has 2 aromatic carbocycles. The molecule has 0 fully saturated rings. The highest BCUT2D eigenvalue weighted by molar-refractivity contribution is 5.86. The molecule has 1 aliphatic rings. The number of carboxylic acid groups (broad SMARTS) is 1. The van der Waals surface area contributed by atoms with Crippen LogP contribution in [0.25, 0.3) is 11.1 Å². The highest BCUT2D eigenvalue weighted by atomic mass is 16.5. The topological polar surface area (TPSA) is 123 Å². The van der Waals surface area contributed by atoms with Crippen molar-refractivity contribution in [3.05, 3.63) is 77.9 Å². The van der Waals surface area contributed by atoms with Crippen molar-refractivity contribution < 1.29 is 24.2 Å². The molecule has 0 saturated carbocycles. The van der Waals surface area contributed by atoms with Crippen LogP contribution in [0.15, 0.2) is 61.1 Å². The molecule has 35 heavy (non-hydrogen) atoms. The number of aromatic carboxylic acids is 1. The minimum absolute atomic E-state index is 0.0618. The van der Waals surface area contributed by atoms with Crippen LogP contribution < -0.4 is 10.6 Å². The monoisotopic (exact) mass is 476 g/mol. The Bertz CT molecular complexity index is 1190. The Morgan fingerprint density at radius 1 is 1.06 bits per heavy atom. The Morgan fingerprint density at radius 3 is 2.26 bits per heavy atom. The van der Waals surface area contributed by atoms with E-state index in [1.165, 1.54) is 12.5 Å². The Balaban J connectivity index is 1.32. The summed E-state index contributed by atoms with van der Waals surface area (Å²) in [7, 11) is 0. The summed E-state index contributed by atoms with van der Waals surface area (Å²) < 4.78 is 7.15. The van der Waals surface area contributed by atoms with Crippen LogP contribution in [0, 0.1) is 5.92 Å². The van der Waals surface area contributed by atoms with Gasteiger partial charge >= 0.3 is 12.1 Å². The summed E-state index contributed by atoms with van der Waals surface area (Å²) >= 11 is 0. The van der Waals surface area contributed by atoms with Crippen molar-refractivity contribution in [3.8, 4) is 11.1 Å². The van der Waals surface area contributed by atoms with Gasteiger partial charge in [-0.3, -0.25) is 4.79 Å². The minimum Gasteiger partial charge on any atom is -0.476 e. The second-order valence-corrected chi connectivity index (χ2v) is 8.78. The van der Waals surface area contributed by atoms with E-state index in [2.05, 4.69) is 27.8 Å². The summed E-state index contributed by atoms with van der Waals surface area (Å²) in [6.45, 7) is 4.44. The fourth-order valence-electron chi connectivity index (χ4n) is 4.31. The SMILES string of the molecule is CC(C)C(NC(=O)OCC1c2ccccc2-c2ccccc21)C(=O)NCCn1cnc(C(=O)O)c1. The lowest BCUT2D eigenvalue weighted by Crippen LogP contribution is -2.50. The van der Waals surface area contributed by atoms with Gasteiger partial charge in [-0.1, -0.05) is 62.4 Å². The lowest BCUT2D eigenvalue weighted by atomic mass is 9.98. The van der Waals surface area contributed by atoms with Crippen LogP contribution in [0.3, 0.4) is 0 Å². The van der Waals surface area contributed by atoms with Gasteiger partial charge < -0.3 is 25.0 Å². The number of amides is 2. The van der Waals surface area contributed by atoms with Crippen molar-refractivity contribution in [1.29, 1.82) is 0 Å². The summed E-state index contributed by atoms with van der Waals surface area (Å²) in [5.74, 6) is -1.68. The minimum atomic E-state index is -1.11. The maximum absolute atomic E-state index is 12.7. The quantitative estimate of drug-likeness (QED) is 0.436. The van der Waals surface area contributed by atoms with E-state index in [-0.39, 0.29) is 36.6 Å². The molecule has 0 aliphatic heterocycles. The molecular formula is C26H28N4O5. The number of fused-ring (bicyclic) bond motifs is 3. The molecule has 2 amide bonds. The number of carboxylic acids is 1. The van der Waals surface area contributed by atoms with Gasteiger partial charge in [0.15, 0.2) is 5.69 Å². The predicted molar refractivity (Wildman–Crippen MR) is 129 cm³/mol. The van der Waals surface area contributed by atoms with Crippen molar-refractivity contribution >= 4 is 18.0 Å². The summed E-state index contributed by atoms with van der Waals surface area (Å²) in [6, 6.07) is 15.4. The highest BCUT2D eigenvalue weighted by Crippen LogP contribution is 2.44. The number of hydrogen-bond acceptors (Lipinski definition) is 5. The number of carbonyl (C=O) groups excluding carboxylic acids is 2. The third-order valence-electron chi connectivity index (χ3n) is 6.09. The molecule has 9 nitrogen and oxygen atoms in total. The molecule has 3 aromatic rings. The van der Waals surface area contributed by atoms with Gasteiger partial charge in [0, 0.05) is 25.2 Å². The Hall–Kier alpha value is -4.14. The van der Waals surface area contributed by atoms with E-state index < -0.39 is 18.1 Å². The van der Waals surface area contributed by atoms with Crippen molar-refractivity contribution in [2.45, 2.75) is 32.4 Å². The van der Waals surface area contributed by atoms with Crippen LogP contribution >= 0.6 is 0 Å². The van der Waals surface area contributed by atoms with E-state index in [0.29, 0.717) is 6.54 Å². The van der Waals surface area contributed by atoms with Gasteiger partial charge in [-0.2, -0.15) is 0 Å². The Labute approximate surface area is 203 Å². The predicted octanol–water partition coefficient (Wildman–Crippen LogP) is 3.26. The number of benzene rings is 2. The molecule has 9 heteroatoms. The van der Waals surface area contributed by atoms with Gasteiger partial charge in [-0.25, -0.2) is 14.6 Å². The van der Waals surface area contributed by atoms with Crippen LogP contribution in [0.1, 0.15) is 41.4 Å². The van der Waals surface area contributed by atoms with E-state index in [9.17, 15) is 14.4 Å². The van der Waals surface area contributed by atoms with Crippen LogP contribution in [-0.2, 0) is 16.1 Å². The number of imidazole rings is 1. The Kier molecular flexibility index (Phi) is 7.14. The molecule has 1 aliphatic carbocycles. The molecule has 1 heterocycles. The van der Waals surface area contributed by atoms with Gasteiger partial charge in [0.05, 0.1) is 6.33 Å². The van der Waals surface area contributed by atoms with Crippen molar-refractivity contribution in [2.75, 3.05) is 13.2 Å². The first-order valence-electron chi connectivity index (χ1n) is 11.5. The number of hydrogen-bond donors (Lipinski definition) is 3. The van der Waals surface area contributed by atoms with E-state index in [1.54, 1.807) is 4.57 Å². The van der Waals surface area contributed by atoms with Gasteiger partial charge in [-0.05, 0) is 28.2 Å². The number of aromatic nitrogens is 2. The fourth-order valence-corrected chi connectivity index (χ4v) is 4.31. The Morgan fingerprint density at radius 2 is 1.69 bits per heavy atom. The maximum Gasteiger partial charge on any atom is 0.407 e. The highest BCUT2D eigenvalue weighted by Gasteiger charge is 2.30. The van der Waals surface area contributed by atoms with E-state index in [0.717, 1.165) is 22.3 Å². The molecule has 3 N–H and O–H groups in total. The second-order valence-electron chi connectivity index (χ2n) is 8.78. The van der Waals surface area contributed by atoms with Gasteiger partial charge in [-0.15, -0.1) is 0 Å². The number of carbonyl (C=O) groups is 3. The summed E-state index contributed by atoms with van der Waals surface area (Å²) in [5.41, 5.74) is 4.46. The second kappa shape index (κ2) is 10.4. The lowest BCUT2D eigenvalue weighted by Gasteiger charge is -2.22. The maximum atomic E-state index is 12.7. The van der Waals surface area contributed by atoms with E-state index >= 15 is 0 Å². The first-order valence-corrected chi connectivity index (χ1v) is 11.5. The van der Waals surface area contributed by atoms with Crippen LogP contribution in [0.4, 0.5) is 4.79 Å². The zero-order valence-corrected chi connectivity index (χ0v) is 19.6. The number of rotatable bonds is 9. The lowest BCUT2D eigenvalue weighted by molar-refractivity contribution is -0.124. The van der Waals surface area contributed by atoms with Gasteiger partial charge in [0.2, 0.25) is 5.91 Å². The molecule has 182 valence electrons. The van der Waals surface area contributed by atoms with Crippen LogP contribution in [0.2, 0.25) is 0 Å². The van der Waals surface area contributed by atoms with Crippen molar-refractivity contribution in [1.82, 2.24) is 20.2 Å². The average Bonchev–Trinajstić information content (AvgIpc) is 3.44. The summed E-state index contributed by atoms with van der Waals surface area (Å²) in [6.07, 6.45) is 2.13. The standard InChI is InChI=1S/C26H28N4O5/c1-16(2)23(24(31)27-11-12-30-13-22(25(32)33)28-15-30)29-26(34)35-14-21-19-9-5-3-7-17(19)18-8-4-6-10-20(18)21/h3-10,13,15-16,21,23H,11-12,14H2,1-2H3,(H,27,31)(H,29,34)(H,32,33). The first kappa shape index (κ1) is 24.0. The van der Waals surface area contributed by atoms with Gasteiger partial charge in [0.25, 0.3) is 0 Å².